The number of amides is 1. The second kappa shape index (κ2) is 5.85. The van der Waals surface area contributed by atoms with Crippen molar-refractivity contribution in [1.82, 2.24) is 5.01 Å². The van der Waals surface area contributed by atoms with Crippen LogP contribution in [0.2, 0.25) is 0 Å². The number of benzene rings is 1. The molecule has 1 unspecified atom stereocenters. The van der Waals surface area contributed by atoms with Crippen LogP contribution >= 0.6 is 11.3 Å². The molecule has 114 valence electrons. The topological polar surface area (TPSA) is 45.8 Å². The molecule has 0 N–H and O–H groups in total. The SMILES string of the molecule is O=C(c1ccco1)N1N=C(c2cccs2)CC1c1ccccc1. The van der Waals surface area contributed by atoms with E-state index in [1.807, 2.05) is 47.8 Å². The van der Waals surface area contributed by atoms with E-state index in [4.69, 9.17) is 4.42 Å². The lowest BCUT2D eigenvalue weighted by atomic mass is 10.0. The van der Waals surface area contributed by atoms with Crippen LogP contribution < -0.4 is 0 Å². The largest absolute Gasteiger partial charge is 0.459 e. The summed E-state index contributed by atoms with van der Waals surface area (Å²) in [7, 11) is 0. The van der Waals surface area contributed by atoms with Crippen LogP contribution in [0.3, 0.4) is 0 Å². The van der Waals surface area contributed by atoms with Gasteiger partial charge in [-0.2, -0.15) is 5.10 Å². The lowest BCUT2D eigenvalue weighted by molar-refractivity contribution is 0.0678. The summed E-state index contributed by atoms with van der Waals surface area (Å²) in [4.78, 5) is 13.8. The van der Waals surface area contributed by atoms with E-state index in [0.717, 1.165) is 16.2 Å². The number of thiophene rings is 1. The molecule has 4 rings (SSSR count). The molecule has 4 nitrogen and oxygen atoms in total. The van der Waals surface area contributed by atoms with Crippen LogP contribution in [0.1, 0.15) is 33.5 Å². The first-order chi connectivity index (χ1) is 11.3. The molecule has 5 heteroatoms. The second-order valence-electron chi connectivity index (χ2n) is 5.28. The van der Waals surface area contributed by atoms with Gasteiger partial charge in [-0.3, -0.25) is 4.79 Å². The maximum Gasteiger partial charge on any atom is 0.310 e. The fourth-order valence-electron chi connectivity index (χ4n) is 2.74. The third kappa shape index (κ3) is 2.59. The van der Waals surface area contributed by atoms with Crippen LogP contribution in [0.5, 0.6) is 0 Å². The number of hydrogen-bond donors (Lipinski definition) is 0. The molecule has 1 amide bonds. The molecule has 0 fully saturated rings. The molecule has 0 bridgehead atoms. The van der Waals surface area contributed by atoms with E-state index < -0.39 is 0 Å². The quantitative estimate of drug-likeness (QED) is 0.720. The van der Waals surface area contributed by atoms with Crippen LogP contribution in [0.15, 0.2) is 75.8 Å². The number of furan rings is 1. The zero-order valence-corrected chi connectivity index (χ0v) is 13.1. The lowest BCUT2D eigenvalue weighted by Crippen LogP contribution is -2.26. The van der Waals surface area contributed by atoms with Crippen molar-refractivity contribution in [2.75, 3.05) is 0 Å². The van der Waals surface area contributed by atoms with Gasteiger partial charge in [0.25, 0.3) is 0 Å². The lowest BCUT2D eigenvalue weighted by Gasteiger charge is -2.20. The molecule has 1 aromatic carbocycles. The number of carbonyl (C=O) groups excluding carboxylic acids is 1. The molecule has 1 aliphatic rings. The van der Waals surface area contributed by atoms with E-state index in [0.29, 0.717) is 12.2 Å². The van der Waals surface area contributed by atoms with E-state index >= 15 is 0 Å². The summed E-state index contributed by atoms with van der Waals surface area (Å²) in [6.45, 7) is 0. The van der Waals surface area contributed by atoms with Crippen molar-refractivity contribution in [2.45, 2.75) is 12.5 Å². The fourth-order valence-corrected chi connectivity index (χ4v) is 3.46. The Morgan fingerprint density at radius 3 is 2.70 bits per heavy atom. The summed E-state index contributed by atoms with van der Waals surface area (Å²) in [6.07, 6.45) is 2.21. The molecule has 0 spiro atoms. The van der Waals surface area contributed by atoms with E-state index in [2.05, 4.69) is 5.10 Å². The molecule has 1 aliphatic heterocycles. The molecular weight excluding hydrogens is 308 g/mol. The molecule has 2 aromatic heterocycles. The Morgan fingerprint density at radius 2 is 2.00 bits per heavy atom. The monoisotopic (exact) mass is 322 g/mol. The number of hydrazone groups is 1. The van der Waals surface area contributed by atoms with Crippen LogP contribution in [-0.4, -0.2) is 16.6 Å². The van der Waals surface area contributed by atoms with Crippen molar-refractivity contribution in [3.63, 3.8) is 0 Å². The van der Waals surface area contributed by atoms with Gasteiger partial charge in [-0.1, -0.05) is 36.4 Å². The Labute approximate surface area is 137 Å². The zero-order chi connectivity index (χ0) is 15.6. The van der Waals surface area contributed by atoms with E-state index in [9.17, 15) is 4.79 Å². The summed E-state index contributed by atoms with van der Waals surface area (Å²) in [6, 6.07) is 17.3. The molecular formula is C18H14N2O2S. The number of hydrogen-bond acceptors (Lipinski definition) is 4. The highest BCUT2D eigenvalue weighted by atomic mass is 32.1. The summed E-state index contributed by atoms with van der Waals surface area (Å²) >= 11 is 1.64. The van der Waals surface area contributed by atoms with Crippen LogP contribution in [0.25, 0.3) is 0 Å². The predicted molar refractivity (Wildman–Crippen MR) is 89.5 cm³/mol. The van der Waals surface area contributed by atoms with Crippen LogP contribution in [0, 0.1) is 0 Å². The minimum absolute atomic E-state index is 0.106. The fraction of sp³-hybridized carbons (Fsp3) is 0.111. The average molecular weight is 322 g/mol. The third-order valence-corrected chi connectivity index (χ3v) is 4.76. The van der Waals surface area contributed by atoms with Gasteiger partial charge >= 0.3 is 5.91 Å². The number of carbonyl (C=O) groups is 1. The highest BCUT2D eigenvalue weighted by molar-refractivity contribution is 7.12. The van der Waals surface area contributed by atoms with E-state index in [-0.39, 0.29) is 11.9 Å². The molecule has 0 radical (unpaired) electrons. The first-order valence-electron chi connectivity index (χ1n) is 7.36. The first kappa shape index (κ1) is 14.0. The average Bonchev–Trinajstić information content (AvgIpc) is 3.35. The molecule has 3 heterocycles. The van der Waals surface area contributed by atoms with Gasteiger partial charge in [-0.05, 0) is 29.1 Å². The Hall–Kier alpha value is -2.66. The molecule has 23 heavy (non-hydrogen) atoms. The highest BCUT2D eigenvalue weighted by Crippen LogP contribution is 2.34. The van der Waals surface area contributed by atoms with Crippen molar-refractivity contribution in [2.24, 2.45) is 5.10 Å². The predicted octanol–water partition coefficient (Wildman–Crippen LogP) is 4.33. The minimum Gasteiger partial charge on any atom is -0.459 e. The van der Waals surface area contributed by atoms with Gasteiger partial charge in [0, 0.05) is 6.42 Å². The van der Waals surface area contributed by atoms with Gasteiger partial charge in [0.05, 0.1) is 22.9 Å². The molecule has 0 saturated heterocycles. The maximum atomic E-state index is 12.7. The smallest absolute Gasteiger partial charge is 0.310 e. The summed E-state index contributed by atoms with van der Waals surface area (Å²) < 4.78 is 5.26. The zero-order valence-electron chi connectivity index (χ0n) is 12.3. The number of nitrogens with zero attached hydrogens (tertiary/aromatic N) is 2. The van der Waals surface area contributed by atoms with Gasteiger partial charge in [-0.15, -0.1) is 11.3 Å². The standard InChI is InChI=1S/C18H14N2O2S/c21-18(16-8-4-10-22-16)20-15(13-6-2-1-3-7-13)12-14(19-20)17-9-5-11-23-17/h1-11,15H,12H2. The summed E-state index contributed by atoms with van der Waals surface area (Å²) in [5.74, 6) is 0.0949. The van der Waals surface area contributed by atoms with Crippen molar-refractivity contribution in [3.8, 4) is 0 Å². The Balaban J connectivity index is 1.72. The van der Waals surface area contributed by atoms with Crippen molar-refractivity contribution < 1.29 is 9.21 Å². The van der Waals surface area contributed by atoms with Gasteiger partial charge in [-0.25, -0.2) is 5.01 Å². The van der Waals surface area contributed by atoms with Gasteiger partial charge < -0.3 is 4.42 Å². The Bertz CT molecular complexity index is 823. The van der Waals surface area contributed by atoms with E-state index in [1.54, 1.807) is 28.5 Å². The van der Waals surface area contributed by atoms with Crippen LogP contribution in [-0.2, 0) is 0 Å². The summed E-state index contributed by atoms with van der Waals surface area (Å²) in [5, 5.41) is 8.16. The normalized spacial score (nSPS) is 17.3. The summed E-state index contributed by atoms with van der Waals surface area (Å²) in [5.41, 5.74) is 2.01. The van der Waals surface area contributed by atoms with Crippen LogP contribution in [0.4, 0.5) is 0 Å². The first-order valence-corrected chi connectivity index (χ1v) is 8.24. The maximum absolute atomic E-state index is 12.7. The van der Waals surface area contributed by atoms with Gasteiger partial charge in [0.1, 0.15) is 0 Å². The molecule has 0 aliphatic carbocycles. The number of rotatable bonds is 3. The second-order valence-corrected chi connectivity index (χ2v) is 6.23. The molecule has 3 aromatic rings. The molecule has 0 saturated carbocycles. The van der Waals surface area contributed by atoms with Crippen molar-refractivity contribution in [1.29, 1.82) is 0 Å². The minimum atomic E-state index is -0.213. The van der Waals surface area contributed by atoms with E-state index in [1.165, 1.54) is 6.26 Å². The van der Waals surface area contributed by atoms with Gasteiger partial charge in [0.15, 0.2) is 5.76 Å². The highest BCUT2D eigenvalue weighted by Gasteiger charge is 2.34. The Morgan fingerprint density at radius 1 is 1.13 bits per heavy atom. The van der Waals surface area contributed by atoms with Gasteiger partial charge in [0.2, 0.25) is 0 Å². The Kier molecular flexibility index (Phi) is 3.55. The third-order valence-electron chi connectivity index (χ3n) is 3.84. The van der Waals surface area contributed by atoms with Crippen molar-refractivity contribution >= 4 is 23.0 Å². The molecule has 1 atom stereocenters. The van der Waals surface area contributed by atoms with Crippen molar-refractivity contribution in [3.05, 3.63) is 82.4 Å².